The van der Waals surface area contributed by atoms with Crippen molar-refractivity contribution in [1.82, 2.24) is 4.72 Å². The number of nitrogens with one attached hydrogen (secondary N) is 1. The summed E-state index contributed by atoms with van der Waals surface area (Å²) in [5, 5.41) is 0. The van der Waals surface area contributed by atoms with Gasteiger partial charge in [0, 0.05) is 6.54 Å². The van der Waals surface area contributed by atoms with Gasteiger partial charge in [-0.3, -0.25) is 0 Å². The zero-order chi connectivity index (χ0) is 15.6. The molecule has 0 atom stereocenters. The summed E-state index contributed by atoms with van der Waals surface area (Å²) in [6, 6.07) is 3.73. The number of hydrogen-bond acceptors (Lipinski definition) is 3. The van der Waals surface area contributed by atoms with Crippen LogP contribution in [0.3, 0.4) is 0 Å². The van der Waals surface area contributed by atoms with Gasteiger partial charge < -0.3 is 5.73 Å². The van der Waals surface area contributed by atoms with Crippen LogP contribution in [0.2, 0.25) is 0 Å². The highest BCUT2D eigenvalue weighted by atomic mass is 32.2. The van der Waals surface area contributed by atoms with Crippen molar-refractivity contribution < 1.29 is 12.8 Å². The number of thiocarbonyl (C=S) groups is 1. The van der Waals surface area contributed by atoms with Crippen LogP contribution in [-0.4, -0.2) is 20.0 Å². The third-order valence-electron chi connectivity index (χ3n) is 2.68. The molecule has 0 aliphatic heterocycles. The summed E-state index contributed by atoms with van der Waals surface area (Å²) in [6.07, 6.45) is 0.657. The predicted molar refractivity (Wildman–Crippen MR) is 81.5 cm³/mol. The Morgan fingerprint density at radius 3 is 2.50 bits per heavy atom. The lowest BCUT2D eigenvalue weighted by Gasteiger charge is -2.18. The summed E-state index contributed by atoms with van der Waals surface area (Å²) in [7, 11) is -3.84. The SMILES string of the molecule is CC(C)(C)CCNS(=O)(=O)c1cccc(F)c1C(N)=S. The maximum Gasteiger partial charge on any atom is 0.241 e. The minimum absolute atomic E-state index is 0.00352. The van der Waals surface area contributed by atoms with Crippen molar-refractivity contribution in [2.45, 2.75) is 32.1 Å². The molecule has 0 aliphatic carbocycles. The molecule has 1 aromatic rings. The smallest absolute Gasteiger partial charge is 0.241 e. The Labute approximate surface area is 124 Å². The van der Waals surface area contributed by atoms with Crippen LogP contribution in [0.4, 0.5) is 4.39 Å². The molecule has 0 aromatic heterocycles. The van der Waals surface area contributed by atoms with Crippen LogP contribution in [0.25, 0.3) is 0 Å². The summed E-state index contributed by atoms with van der Waals surface area (Å²) < 4.78 is 40.5. The standard InChI is InChI=1S/C13H19FN2O2S2/c1-13(2,3)7-8-16-20(17,18)10-6-4-5-9(14)11(10)12(15)19/h4-6,16H,7-8H2,1-3H3,(H2,15,19). The minimum atomic E-state index is -3.84. The van der Waals surface area contributed by atoms with E-state index >= 15 is 0 Å². The first-order valence-electron chi connectivity index (χ1n) is 6.12. The van der Waals surface area contributed by atoms with Gasteiger partial charge in [0.2, 0.25) is 10.0 Å². The van der Waals surface area contributed by atoms with Gasteiger partial charge in [-0.1, -0.05) is 39.1 Å². The molecule has 0 aliphatic rings. The van der Waals surface area contributed by atoms with Crippen molar-refractivity contribution >= 4 is 27.2 Å². The predicted octanol–water partition coefficient (Wildman–Crippen LogP) is 2.17. The Bertz CT molecular complexity index is 607. The molecule has 0 radical (unpaired) electrons. The third kappa shape index (κ3) is 4.50. The molecule has 0 fully saturated rings. The van der Waals surface area contributed by atoms with Gasteiger partial charge in [0.1, 0.15) is 10.8 Å². The summed E-state index contributed by atoms with van der Waals surface area (Å²) >= 11 is 4.72. The average Bonchev–Trinajstić information content (AvgIpc) is 2.25. The van der Waals surface area contributed by atoms with Gasteiger partial charge in [0.25, 0.3) is 0 Å². The molecule has 1 aromatic carbocycles. The number of rotatable bonds is 5. The van der Waals surface area contributed by atoms with Crippen molar-refractivity contribution in [3.8, 4) is 0 Å². The van der Waals surface area contributed by atoms with Crippen LogP contribution in [0.1, 0.15) is 32.8 Å². The van der Waals surface area contributed by atoms with Crippen molar-refractivity contribution in [1.29, 1.82) is 0 Å². The number of benzene rings is 1. The summed E-state index contributed by atoms with van der Waals surface area (Å²) in [6.45, 7) is 6.27. The average molecular weight is 318 g/mol. The second-order valence-corrected chi connectivity index (χ2v) is 7.86. The molecule has 0 unspecified atom stereocenters. The lowest BCUT2D eigenvalue weighted by atomic mass is 9.93. The molecular weight excluding hydrogens is 299 g/mol. The minimum Gasteiger partial charge on any atom is -0.389 e. The second-order valence-electron chi connectivity index (χ2n) is 5.69. The number of sulfonamides is 1. The van der Waals surface area contributed by atoms with Crippen LogP contribution in [0.5, 0.6) is 0 Å². The van der Waals surface area contributed by atoms with Crippen LogP contribution >= 0.6 is 12.2 Å². The van der Waals surface area contributed by atoms with Crippen molar-refractivity contribution in [2.75, 3.05) is 6.54 Å². The van der Waals surface area contributed by atoms with E-state index in [9.17, 15) is 12.8 Å². The maximum absolute atomic E-state index is 13.7. The van der Waals surface area contributed by atoms with E-state index in [1.807, 2.05) is 20.8 Å². The first-order chi connectivity index (χ1) is 9.04. The number of hydrogen-bond donors (Lipinski definition) is 2. The molecule has 1 rings (SSSR count). The molecule has 0 spiro atoms. The zero-order valence-electron chi connectivity index (χ0n) is 11.7. The Balaban J connectivity index is 3.05. The van der Waals surface area contributed by atoms with E-state index in [4.69, 9.17) is 18.0 Å². The molecular formula is C13H19FN2O2S2. The highest BCUT2D eigenvalue weighted by molar-refractivity contribution is 7.89. The van der Waals surface area contributed by atoms with Gasteiger partial charge >= 0.3 is 0 Å². The molecule has 0 amide bonds. The Hall–Kier alpha value is -1.05. The fourth-order valence-electron chi connectivity index (χ4n) is 1.61. The van der Waals surface area contributed by atoms with E-state index in [-0.39, 0.29) is 27.4 Å². The monoisotopic (exact) mass is 318 g/mol. The van der Waals surface area contributed by atoms with Crippen molar-refractivity contribution in [3.05, 3.63) is 29.6 Å². The van der Waals surface area contributed by atoms with Gasteiger partial charge in [0.15, 0.2) is 0 Å². The molecule has 112 valence electrons. The molecule has 20 heavy (non-hydrogen) atoms. The van der Waals surface area contributed by atoms with E-state index in [0.29, 0.717) is 6.42 Å². The van der Waals surface area contributed by atoms with E-state index in [2.05, 4.69) is 4.72 Å². The Morgan fingerprint density at radius 2 is 2.00 bits per heavy atom. The van der Waals surface area contributed by atoms with Gasteiger partial charge in [-0.05, 0) is 24.0 Å². The topological polar surface area (TPSA) is 72.2 Å². The van der Waals surface area contributed by atoms with Gasteiger partial charge in [-0.15, -0.1) is 0 Å². The lowest BCUT2D eigenvalue weighted by molar-refractivity contribution is 0.378. The normalized spacial score (nSPS) is 12.4. The highest BCUT2D eigenvalue weighted by Crippen LogP contribution is 2.20. The van der Waals surface area contributed by atoms with Crippen molar-refractivity contribution in [2.24, 2.45) is 11.1 Å². The van der Waals surface area contributed by atoms with Gasteiger partial charge in [-0.25, -0.2) is 17.5 Å². The molecule has 0 saturated heterocycles. The molecule has 0 saturated carbocycles. The second kappa shape index (κ2) is 6.15. The van der Waals surface area contributed by atoms with Crippen molar-refractivity contribution in [3.63, 3.8) is 0 Å². The van der Waals surface area contributed by atoms with Crippen LogP contribution in [0, 0.1) is 11.2 Å². The molecule has 0 heterocycles. The van der Waals surface area contributed by atoms with Crippen LogP contribution in [0.15, 0.2) is 23.1 Å². The first kappa shape index (κ1) is 17.0. The van der Waals surface area contributed by atoms with E-state index in [1.165, 1.54) is 12.1 Å². The number of halogens is 1. The summed E-state index contributed by atoms with van der Waals surface area (Å²) in [4.78, 5) is -0.502. The molecule has 0 bridgehead atoms. The highest BCUT2D eigenvalue weighted by Gasteiger charge is 2.23. The quantitative estimate of drug-likeness (QED) is 0.816. The van der Waals surface area contributed by atoms with E-state index < -0.39 is 15.8 Å². The summed E-state index contributed by atoms with van der Waals surface area (Å²) in [5.41, 5.74) is 5.16. The molecule has 7 heteroatoms. The van der Waals surface area contributed by atoms with Crippen LogP contribution < -0.4 is 10.5 Å². The fourth-order valence-corrected chi connectivity index (χ4v) is 3.14. The third-order valence-corrected chi connectivity index (χ3v) is 4.39. The summed E-state index contributed by atoms with van der Waals surface area (Å²) in [5.74, 6) is -0.740. The maximum atomic E-state index is 13.7. The first-order valence-corrected chi connectivity index (χ1v) is 8.02. The molecule has 4 nitrogen and oxygen atoms in total. The molecule has 3 N–H and O–H groups in total. The van der Waals surface area contributed by atoms with Gasteiger partial charge in [0.05, 0.1) is 10.5 Å². The van der Waals surface area contributed by atoms with Crippen LogP contribution in [-0.2, 0) is 10.0 Å². The van der Waals surface area contributed by atoms with Gasteiger partial charge in [-0.2, -0.15) is 0 Å². The van der Waals surface area contributed by atoms with E-state index in [1.54, 1.807) is 0 Å². The lowest BCUT2D eigenvalue weighted by Crippen LogP contribution is -2.29. The fraction of sp³-hybridized carbons (Fsp3) is 0.462. The Kier molecular flexibility index (Phi) is 5.23. The largest absolute Gasteiger partial charge is 0.389 e. The Morgan fingerprint density at radius 1 is 1.40 bits per heavy atom. The number of nitrogens with two attached hydrogens (primary N) is 1. The van der Waals surface area contributed by atoms with E-state index in [0.717, 1.165) is 6.07 Å². The zero-order valence-corrected chi connectivity index (χ0v) is 13.4.